The Bertz CT molecular complexity index is 1020. The van der Waals surface area contributed by atoms with Crippen LogP contribution in [0.1, 0.15) is 27.9 Å². The summed E-state index contributed by atoms with van der Waals surface area (Å²) in [5.41, 5.74) is 5.84. The summed E-state index contributed by atoms with van der Waals surface area (Å²) in [6.07, 6.45) is 1.88. The molecule has 29 heavy (non-hydrogen) atoms. The van der Waals surface area contributed by atoms with E-state index in [1.807, 2.05) is 43.3 Å². The molecule has 0 aliphatic carbocycles. The minimum Gasteiger partial charge on any atom is -0.452 e. The zero-order valence-corrected chi connectivity index (χ0v) is 16.4. The van der Waals surface area contributed by atoms with E-state index in [2.05, 4.69) is 24.3 Å². The number of esters is 1. The topological polar surface area (TPSA) is 46.6 Å². The molecule has 1 aliphatic heterocycles. The van der Waals surface area contributed by atoms with Crippen LogP contribution in [0.5, 0.6) is 0 Å². The highest BCUT2D eigenvalue weighted by atomic mass is 16.5. The summed E-state index contributed by atoms with van der Waals surface area (Å²) in [5, 5.41) is 0. The molecule has 3 aromatic rings. The Kier molecular flexibility index (Phi) is 5.43. The molecule has 0 spiro atoms. The zero-order chi connectivity index (χ0) is 20.2. The van der Waals surface area contributed by atoms with Crippen molar-refractivity contribution in [3.63, 3.8) is 0 Å². The summed E-state index contributed by atoms with van der Waals surface area (Å²) >= 11 is 0. The molecule has 1 amide bonds. The van der Waals surface area contributed by atoms with E-state index in [0.717, 1.165) is 35.2 Å². The van der Waals surface area contributed by atoms with Gasteiger partial charge in [-0.15, -0.1) is 0 Å². The predicted octanol–water partition coefficient (Wildman–Crippen LogP) is 4.80. The smallest absolute Gasteiger partial charge is 0.338 e. The molecule has 3 aromatic carbocycles. The van der Waals surface area contributed by atoms with Crippen molar-refractivity contribution in [2.24, 2.45) is 0 Å². The van der Waals surface area contributed by atoms with E-state index >= 15 is 0 Å². The number of carbonyl (C=O) groups is 2. The SMILES string of the molecule is Cc1ccc(-c2ccc(C(=O)OCC(=O)N3CCCc4ccccc43)cc2)cc1. The van der Waals surface area contributed by atoms with E-state index in [9.17, 15) is 9.59 Å². The molecule has 0 saturated carbocycles. The monoisotopic (exact) mass is 385 g/mol. The van der Waals surface area contributed by atoms with Crippen molar-refractivity contribution in [3.05, 3.63) is 89.5 Å². The molecule has 0 unspecified atom stereocenters. The second-order valence-electron chi connectivity index (χ2n) is 7.30. The lowest BCUT2D eigenvalue weighted by molar-refractivity contribution is -0.121. The first-order valence-electron chi connectivity index (χ1n) is 9.84. The number of para-hydroxylation sites is 1. The van der Waals surface area contributed by atoms with E-state index in [4.69, 9.17) is 4.74 Å². The fourth-order valence-corrected chi connectivity index (χ4v) is 3.63. The van der Waals surface area contributed by atoms with Gasteiger partial charge in [-0.2, -0.15) is 0 Å². The van der Waals surface area contributed by atoms with Gasteiger partial charge in [0, 0.05) is 12.2 Å². The van der Waals surface area contributed by atoms with Gasteiger partial charge in [0.25, 0.3) is 5.91 Å². The first-order valence-corrected chi connectivity index (χ1v) is 9.84. The third-order valence-corrected chi connectivity index (χ3v) is 5.24. The number of hydrogen-bond acceptors (Lipinski definition) is 3. The van der Waals surface area contributed by atoms with Gasteiger partial charge in [-0.25, -0.2) is 4.79 Å². The van der Waals surface area contributed by atoms with E-state index in [1.54, 1.807) is 17.0 Å². The highest BCUT2D eigenvalue weighted by Crippen LogP contribution is 2.27. The fourth-order valence-electron chi connectivity index (χ4n) is 3.63. The molecule has 0 radical (unpaired) electrons. The third kappa shape index (κ3) is 4.21. The maximum absolute atomic E-state index is 12.6. The predicted molar refractivity (Wildman–Crippen MR) is 114 cm³/mol. The number of nitrogens with zero attached hydrogens (tertiary/aromatic N) is 1. The van der Waals surface area contributed by atoms with Crippen LogP contribution < -0.4 is 4.90 Å². The van der Waals surface area contributed by atoms with Crippen LogP contribution in [0.15, 0.2) is 72.8 Å². The lowest BCUT2D eigenvalue weighted by Crippen LogP contribution is -2.38. The van der Waals surface area contributed by atoms with Crippen molar-refractivity contribution >= 4 is 17.6 Å². The number of amides is 1. The first kappa shape index (κ1) is 18.9. The van der Waals surface area contributed by atoms with Crippen molar-refractivity contribution in [2.75, 3.05) is 18.1 Å². The summed E-state index contributed by atoms with van der Waals surface area (Å²) in [4.78, 5) is 26.7. The van der Waals surface area contributed by atoms with Crippen LogP contribution in [0.3, 0.4) is 0 Å². The molecule has 0 atom stereocenters. The Morgan fingerprint density at radius 2 is 1.55 bits per heavy atom. The first-order chi connectivity index (χ1) is 14.1. The molecule has 0 bridgehead atoms. The van der Waals surface area contributed by atoms with Gasteiger partial charge in [0.15, 0.2) is 6.61 Å². The maximum atomic E-state index is 12.6. The molecule has 0 N–H and O–H groups in total. The van der Waals surface area contributed by atoms with Gasteiger partial charge in [-0.3, -0.25) is 4.79 Å². The number of anilines is 1. The second kappa shape index (κ2) is 8.31. The van der Waals surface area contributed by atoms with Gasteiger partial charge in [0.2, 0.25) is 0 Å². The molecule has 146 valence electrons. The van der Waals surface area contributed by atoms with Crippen molar-refractivity contribution in [1.82, 2.24) is 0 Å². The molecule has 4 rings (SSSR count). The van der Waals surface area contributed by atoms with E-state index in [-0.39, 0.29) is 12.5 Å². The van der Waals surface area contributed by atoms with Gasteiger partial charge in [0.1, 0.15) is 0 Å². The lowest BCUT2D eigenvalue weighted by Gasteiger charge is -2.29. The Morgan fingerprint density at radius 1 is 0.897 bits per heavy atom. The van der Waals surface area contributed by atoms with Crippen LogP contribution in [0.4, 0.5) is 5.69 Å². The molecular weight excluding hydrogens is 362 g/mol. The fraction of sp³-hybridized carbons (Fsp3) is 0.200. The quantitative estimate of drug-likeness (QED) is 0.606. The summed E-state index contributed by atoms with van der Waals surface area (Å²) in [7, 11) is 0. The van der Waals surface area contributed by atoms with Crippen LogP contribution >= 0.6 is 0 Å². The second-order valence-corrected chi connectivity index (χ2v) is 7.30. The number of fused-ring (bicyclic) bond motifs is 1. The largest absolute Gasteiger partial charge is 0.452 e. The Morgan fingerprint density at radius 3 is 2.28 bits per heavy atom. The number of benzene rings is 3. The van der Waals surface area contributed by atoms with Gasteiger partial charge >= 0.3 is 5.97 Å². The standard InChI is InChI=1S/C25H23NO3/c1-18-8-10-19(11-9-18)20-12-14-22(15-13-20)25(28)29-17-24(27)26-16-4-6-21-5-2-3-7-23(21)26/h2-3,5,7-15H,4,6,16-17H2,1H3. The molecular formula is C25H23NO3. The summed E-state index contributed by atoms with van der Waals surface area (Å²) in [6.45, 7) is 2.44. The Labute approximate surface area is 170 Å². The minimum atomic E-state index is -0.487. The molecule has 1 aliphatic rings. The molecule has 4 heteroatoms. The van der Waals surface area contributed by atoms with E-state index in [1.165, 1.54) is 5.56 Å². The third-order valence-electron chi connectivity index (χ3n) is 5.24. The van der Waals surface area contributed by atoms with Gasteiger partial charge in [-0.05, 0) is 54.7 Å². The van der Waals surface area contributed by atoms with Gasteiger partial charge in [0.05, 0.1) is 5.56 Å². The maximum Gasteiger partial charge on any atom is 0.338 e. The van der Waals surface area contributed by atoms with Gasteiger partial charge < -0.3 is 9.64 Å². The van der Waals surface area contributed by atoms with Crippen LogP contribution in [-0.2, 0) is 16.0 Å². The molecule has 4 nitrogen and oxygen atoms in total. The number of hydrogen-bond donors (Lipinski definition) is 0. The Hall–Kier alpha value is -3.40. The van der Waals surface area contributed by atoms with E-state index < -0.39 is 5.97 Å². The average molecular weight is 385 g/mol. The molecule has 0 saturated heterocycles. The van der Waals surface area contributed by atoms with Crippen LogP contribution in [0, 0.1) is 6.92 Å². The Balaban J connectivity index is 1.39. The number of aryl methyl sites for hydroxylation is 2. The summed E-state index contributed by atoms with van der Waals surface area (Å²) in [6, 6.07) is 23.4. The molecule has 0 aromatic heterocycles. The summed E-state index contributed by atoms with van der Waals surface area (Å²) < 4.78 is 5.29. The van der Waals surface area contributed by atoms with Crippen LogP contribution in [0.2, 0.25) is 0 Å². The zero-order valence-electron chi connectivity index (χ0n) is 16.4. The van der Waals surface area contributed by atoms with Crippen molar-refractivity contribution in [3.8, 4) is 11.1 Å². The van der Waals surface area contributed by atoms with Crippen LogP contribution in [0.25, 0.3) is 11.1 Å². The number of rotatable bonds is 4. The van der Waals surface area contributed by atoms with Crippen molar-refractivity contribution in [2.45, 2.75) is 19.8 Å². The molecule has 1 heterocycles. The van der Waals surface area contributed by atoms with Crippen molar-refractivity contribution < 1.29 is 14.3 Å². The highest BCUT2D eigenvalue weighted by molar-refractivity contribution is 5.98. The molecule has 0 fully saturated rings. The summed E-state index contributed by atoms with van der Waals surface area (Å²) in [5.74, 6) is -0.680. The van der Waals surface area contributed by atoms with Crippen LogP contribution in [-0.4, -0.2) is 25.0 Å². The lowest BCUT2D eigenvalue weighted by atomic mass is 10.0. The van der Waals surface area contributed by atoms with Gasteiger partial charge in [-0.1, -0.05) is 60.2 Å². The minimum absolute atomic E-state index is 0.193. The highest BCUT2D eigenvalue weighted by Gasteiger charge is 2.23. The average Bonchev–Trinajstić information content (AvgIpc) is 2.77. The van der Waals surface area contributed by atoms with Crippen molar-refractivity contribution in [1.29, 1.82) is 0 Å². The number of ether oxygens (including phenoxy) is 1. The van der Waals surface area contributed by atoms with E-state index in [0.29, 0.717) is 12.1 Å². The number of carbonyl (C=O) groups excluding carboxylic acids is 2. The normalized spacial score (nSPS) is 12.9.